The van der Waals surface area contributed by atoms with Crippen LogP contribution in [0, 0.1) is 23.3 Å². The molecule has 2 aromatic carbocycles. The number of benzene rings is 2. The highest BCUT2D eigenvalue weighted by Crippen LogP contribution is 2.28. The second-order valence-electron chi connectivity index (χ2n) is 14.2. The Hall–Kier alpha value is -6.49. The van der Waals surface area contributed by atoms with Crippen molar-refractivity contribution in [3.05, 3.63) is 82.2 Å². The average Bonchev–Trinajstić information content (AvgIpc) is 3.24. The number of nitrogen functional groups attached to an aromatic ring is 2. The molecule has 2 aliphatic heterocycles. The van der Waals surface area contributed by atoms with Crippen LogP contribution in [0.2, 0.25) is 0 Å². The van der Waals surface area contributed by atoms with E-state index in [0.29, 0.717) is 32.0 Å². The lowest BCUT2D eigenvalue weighted by Gasteiger charge is -2.31. The minimum absolute atomic E-state index is 0. The van der Waals surface area contributed by atoms with Gasteiger partial charge in [0.2, 0.25) is 44.3 Å². The van der Waals surface area contributed by atoms with E-state index < -0.39 is 72.3 Å². The number of carbonyl (C=O) groups excluding carboxylic acids is 4. The normalized spacial score (nSPS) is 14.2. The Morgan fingerprint density at radius 1 is 0.734 bits per heavy atom. The van der Waals surface area contributed by atoms with Crippen molar-refractivity contribution in [3.8, 4) is 11.5 Å². The number of carbonyl (C=O) groups is 4. The first-order valence-electron chi connectivity index (χ1n) is 19.4. The number of anilines is 3. The Balaban J connectivity index is 0.000000280. The predicted octanol–water partition coefficient (Wildman–Crippen LogP) is 3.96. The minimum atomic E-state index is -3.74. The highest BCUT2D eigenvalue weighted by atomic mass is 32.2. The number of sulfone groups is 1. The number of piperidine rings is 2. The lowest BCUT2D eigenvalue weighted by atomic mass is 10.0. The maximum Gasteiger partial charge on any atom is 0.249 e. The molecule has 2 saturated heterocycles. The van der Waals surface area contributed by atoms with Crippen LogP contribution in [0.3, 0.4) is 0 Å². The Labute approximate surface area is 367 Å². The Morgan fingerprint density at radius 2 is 1.16 bits per heavy atom. The van der Waals surface area contributed by atoms with Crippen molar-refractivity contribution < 1.29 is 54.6 Å². The second kappa shape index (κ2) is 22.7. The molecular weight excluding hydrogens is 869 g/mol. The Bertz CT molecular complexity index is 2450. The van der Waals surface area contributed by atoms with Crippen molar-refractivity contribution in [2.24, 2.45) is 5.73 Å². The molecule has 0 aliphatic carbocycles. The van der Waals surface area contributed by atoms with Crippen LogP contribution in [0.5, 0.6) is 11.5 Å². The third-order valence-corrected chi connectivity index (χ3v) is 11.5. The molecule has 0 bridgehead atoms. The molecule has 2 amide bonds. The number of amides is 2. The summed E-state index contributed by atoms with van der Waals surface area (Å²) in [4.78, 5) is 66.0. The molecule has 4 aromatic rings. The SMILES string of the molecule is C.CC(=O)N1CCC(N)CC1.CCS(=O)(=O)c1ncc(C(=O)c2c(F)ccc(OC)c2F)c(N)n1.COc1ccc(F)c(C(=O)c2cnc(NC3CCN(C(C)=O)CC3)nc2N)c1F. The number of halogens is 4. The van der Waals surface area contributed by atoms with Crippen LogP contribution in [0.1, 0.15) is 85.7 Å². The van der Waals surface area contributed by atoms with E-state index in [-0.39, 0.29) is 59.9 Å². The van der Waals surface area contributed by atoms with Gasteiger partial charge in [-0.2, -0.15) is 4.98 Å². The molecule has 0 spiro atoms. The fourth-order valence-corrected chi connectivity index (χ4v) is 6.98. The molecular formula is C41H52F4N10O8S. The van der Waals surface area contributed by atoms with Gasteiger partial charge in [-0.15, -0.1) is 0 Å². The van der Waals surface area contributed by atoms with Crippen molar-refractivity contribution in [2.45, 2.75) is 71.1 Å². The molecule has 2 aromatic heterocycles. The van der Waals surface area contributed by atoms with Gasteiger partial charge in [0.05, 0.1) is 42.2 Å². The van der Waals surface area contributed by atoms with E-state index in [1.807, 2.05) is 4.90 Å². The summed E-state index contributed by atoms with van der Waals surface area (Å²) in [5.41, 5.74) is 14.8. The van der Waals surface area contributed by atoms with Crippen LogP contribution < -0.4 is 32.0 Å². The number of methoxy groups -OCH3 is 2. The van der Waals surface area contributed by atoms with Crippen LogP contribution in [-0.2, 0) is 19.4 Å². The quantitative estimate of drug-likeness (QED) is 0.0996. The van der Waals surface area contributed by atoms with Gasteiger partial charge in [-0.3, -0.25) is 19.2 Å². The van der Waals surface area contributed by atoms with Gasteiger partial charge in [0, 0.05) is 64.5 Å². The van der Waals surface area contributed by atoms with Gasteiger partial charge in [0.1, 0.15) is 23.3 Å². The van der Waals surface area contributed by atoms with Crippen LogP contribution in [-0.4, -0.2) is 120 Å². The summed E-state index contributed by atoms with van der Waals surface area (Å²) in [7, 11) is -1.37. The van der Waals surface area contributed by atoms with Crippen LogP contribution >= 0.6 is 0 Å². The molecule has 18 nitrogen and oxygen atoms in total. The fourth-order valence-electron chi connectivity index (χ4n) is 6.27. The number of nitrogens with one attached hydrogen (secondary N) is 1. The smallest absolute Gasteiger partial charge is 0.249 e. The van der Waals surface area contributed by atoms with Crippen molar-refractivity contribution >= 4 is 50.8 Å². The summed E-state index contributed by atoms with van der Waals surface area (Å²) in [6.07, 6.45) is 5.30. The number of aromatic nitrogens is 4. The Morgan fingerprint density at radius 3 is 1.55 bits per heavy atom. The minimum Gasteiger partial charge on any atom is -0.494 e. The first-order valence-corrected chi connectivity index (χ1v) is 21.0. The number of ether oxygens (including phenoxy) is 2. The molecule has 0 unspecified atom stereocenters. The number of likely N-dealkylation sites (tertiary alicyclic amines) is 2. The van der Waals surface area contributed by atoms with E-state index in [1.54, 1.807) is 11.8 Å². The molecule has 2 fully saturated rings. The number of nitrogens with zero attached hydrogens (tertiary/aromatic N) is 6. The van der Waals surface area contributed by atoms with Gasteiger partial charge in [0.25, 0.3) is 0 Å². The fraction of sp³-hybridized carbons (Fsp3) is 0.415. The highest BCUT2D eigenvalue weighted by molar-refractivity contribution is 7.91. The van der Waals surface area contributed by atoms with Crippen molar-refractivity contribution in [1.29, 1.82) is 0 Å². The number of nitrogens with two attached hydrogens (primary N) is 3. The average molecular weight is 921 g/mol. The van der Waals surface area contributed by atoms with E-state index in [0.717, 1.165) is 69.7 Å². The summed E-state index contributed by atoms with van der Waals surface area (Å²) in [5.74, 6) is -7.72. The van der Waals surface area contributed by atoms with Crippen LogP contribution in [0.15, 0.2) is 41.8 Å². The number of ketones is 2. The molecule has 6 rings (SSSR count). The topological polar surface area (TPSA) is 269 Å². The summed E-state index contributed by atoms with van der Waals surface area (Å²) in [6.45, 7) is 7.45. The maximum absolute atomic E-state index is 14.4. The van der Waals surface area contributed by atoms with Crippen LogP contribution in [0.25, 0.3) is 0 Å². The zero-order valence-electron chi connectivity index (χ0n) is 35.1. The molecule has 7 N–H and O–H groups in total. The second-order valence-corrected chi connectivity index (χ2v) is 16.3. The predicted molar refractivity (Wildman–Crippen MR) is 228 cm³/mol. The lowest BCUT2D eigenvalue weighted by molar-refractivity contribution is -0.130. The maximum atomic E-state index is 14.4. The first kappa shape index (κ1) is 51.9. The summed E-state index contributed by atoms with van der Waals surface area (Å²) >= 11 is 0. The molecule has 4 heterocycles. The number of rotatable bonds is 10. The van der Waals surface area contributed by atoms with E-state index in [2.05, 4.69) is 25.3 Å². The van der Waals surface area contributed by atoms with Gasteiger partial charge in [-0.25, -0.2) is 40.9 Å². The highest BCUT2D eigenvalue weighted by Gasteiger charge is 2.28. The van der Waals surface area contributed by atoms with Gasteiger partial charge < -0.3 is 41.8 Å². The third kappa shape index (κ3) is 12.6. The third-order valence-electron chi connectivity index (χ3n) is 10.0. The van der Waals surface area contributed by atoms with Gasteiger partial charge in [-0.05, 0) is 49.9 Å². The molecule has 0 radical (unpaired) electrons. The van der Waals surface area contributed by atoms with Crippen molar-refractivity contribution in [2.75, 3.05) is 62.9 Å². The van der Waals surface area contributed by atoms with E-state index in [4.69, 9.17) is 26.7 Å². The van der Waals surface area contributed by atoms with E-state index in [9.17, 15) is 45.2 Å². The van der Waals surface area contributed by atoms with E-state index >= 15 is 0 Å². The molecule has 64 heavy (non-hydrogen) atoms. The zero-order valence-corrected chi connectivity index (χ0v) is 35.9. The largest absolute Gasteiger partial charge is 0.494 e. The van der Waals surface area contributed by atoms with E-state index in [1.165, 1.54) is 21.0 Å². The molecule has 2 aliphatic rings. The van der Waals surface area contributed by atoms with Crippen LogP contribution in [0.4, 0.5) is 35.1 Å². The summed E-state index contributed by atoms with van der Waals surface area (Å²) in [5, 5.41) is 2.54. The first-order chi connectivity index (χ1) is 29.7. The summed E-state index contributed by atoms with van der Waals surface area (Å²) in [6, 6.07) is 4.28. The molecule has 0 saturated carbocycles. The molecule has 348 valence electrons. The van der Waals surface area contributed by atoms with Crippen molar-refractivity contribution in [1.82, 2.24) is 29.7 Å². The number of hydrogen-bond donors (Lipinski definition) is 4. The standard InChI is InChI=1S/C19H21F2N5O3.C14H13F2N3O4S.C7H14N2O.CH4/c1-10(27)26-7-5-11(6-8-26)24-19-23-9-12(18(22)25-19)17(28)15-13(20)3-4-14(29-2)16(15)21;1-3-24(21,22)14-18-6-7(13(17)19-14)12(20)10-8(15)4-5-9(23-2)11(10)16;1-6(10)9-4-2-7(8)3-5-9;/h3-4,9,11H,5-8H2,1-2H3,(H3,22,23,24,25);4-6H,3H2,1-2H3,(H2,17,18,19);7H,2-5,8H2,1H3;1H4. The lowest BCUT2D eigenvalue weighted by Crippen LogP contribution is -2.41. The zero-order chi connectivity index (χ0) is 46.8. The molecule has 0 atom stereocenters. The molecule has 23 heteroatoms. The van der Waals surface area contributed by atoms with Gasteiger partial charge in [0.15, 0.2) is 23.1 Å². The number of hydrogen-bond acceptors (Lipinski definition) is 16. The van der Waals surface area contributed by atoms with Gasteiger partial charge in [-0.1, -0.05) is 14.4 Å². The summed E-state index contributed by atoms with van der Waals surface area (Å²) < 4.78 is 89.3. The monoisotopic (exact) mass is 920 g/mol. The van der Waals surface area contributed by atoms with Crippen molar-refractivity contribution in [3.63, 3.8) is 0 Å². The van der Waals surface area contributed by atoms with Gasteiger partial charge >= 0.3 is 0 Å². The Kier molecular flexibility index (Phi) is 18.4.